The van der Waals surface area contributed by atoms with Gasteiger partial charge in [-0.05, 0) is 57.9 Å². The first-order chi connectivity index (χ1) is 15.7. The molecule has 2 amide bonds. The molecule has 33 heavy (non-hydrogen) atoms. The van der Waals surface area contributed by atoms with E-state index in [4.69, 9.17) is 14.6 Å². The van der Waals surface area contributed by atoms with Gasteiger partial charge in [-0.1, -0.05) is 11.8 Å². The summed E-state index contributed by atoms with van der Waals surface area (Å²) in [5, 5.41) is 10.3. The fourth-order valence-electron chi connectivity index (χ4n) is 3.44. The first-order valence-electron chi connectivity index (χ1n) is 10.7. The molecule has 11 heteroatoms. The number of carbonyl (C=O) groups excluding carboxylic acids is 3. The Labute approximate surface area is 197 Å². The van der Waals surface area contributed by atoms with Gasteiger partial charge in [0.25, 0.3) is 0 Å². The average Bonchev–Trinajstić information content (AvgIpc) is 3.21. The number of rotatable bonds is 7. The van der Waals surface area contributed by atoms with Crippen molar-refractivity contribution in [1.29, 1.82) is 0 Å². The van der Waals surface area contributed by atoms with E-state index in [1.54, 1.807) is 17.0 Å². The highest BCUT2D eigenvalue weighted by Gasteiger charge is 2.36. The number of nitrogens with one attached hydrogen (secondary N) is 1. The molecule has 0 aromatic heterocycles. The number of thioether (sulfide) groups is 1. The molecule has 1 aromatic rings. The first-order valence-corrected chi connectivity index (χ1v) is 11.6. The number of hydrogen-bond acceptors (Lipinski definition) is 9. The summed E-state index contributed by atoms with van der Waals surface area (Å²) in [5.74, 6) is 0.0904. The number of benzene rings is 1. The van der Waals surface area contributed by atoms with Crippen molar-refractivity contribution in [3.8, 4) is 5.75 Å². The SMILES string of the molecule is COC(=O)COc1ccc(C2=NN(C3CCN(C(=O)OC(C)(C)C)CC3)C(NC=O)S2)cc1. The third kappa shape index (κ3) is 6.77. The molecule has 0 radical (unpaired) electrons. The van der Waals surface area contributed by atoms with E-state index in [9.17, 15) is 14.4 Å². The second-order valence-electron chi connectivity index (χ2n) is 8.63. The van der Waals surface area contributed by atoms with Gasteiger partial charge in [-0.3, -0.25) is 9.80 Å². The van der Waals surface area contributed by atoms with Crippen LogP contribution in [0, 0.1) is 0 Å². The normalized spacial score (nSPS) is 19.0. The lowest BCUT2D eigenvalue weighted by atomic mass is 10.1. The molecular formula is C22H30N4O6S. The van der Waals surface area contributed by atoms with E-state index in [1.807, 2.05) is 37.9 Å². The maximum atomic E-state index is 12.3. The second kappa shape index (κ2) is 10.8. The van der Waals surface area contributed by atoms with Crippen molar-refractivity contribution < 1.29 is 28.6 Å². The van der Waals surface area contributed by atoms with Crippen LogP contribution in [0.15, 0.2) is 29.4 Å². The molecule has 3 rings (SSSR count). The van der Waals surface area contributed by atoms with Crippen LogP contribution in [-0.4, -0.2) is 77.4 Å². The standard InChI is InChI=1S/C22H30N4O6S/c1-22(2,3)32-21(29)25-11-9-16(10-12-25)26-20(23-14-27)33-19(24-26)15-5-7-17(8-6-15)31-13-18(28)30-4/h5-8,14,16,20H,9-13H2,1-4H3,(H,23,27). The van der Waals surface area contributed by atoms with Crippen molar-refractivity contribution in [2.24, 2.45) is 5.10 Å². The van der Waals surface area contributed by atoms with Crippen molar-refractivity contribution in [3.63, 3.8) is 0 Å². The number of hydrazone groups is 1. The molecular weight excluding hydrogens is 448 g/mol. The van der Waals surface area contributed by atoms with E-state index in [0.717, 1.165) is 10.6 Å². The number of carbonyl (C=O) groups is 3. The van der Waals surface area contributed by atoms with E-state index in [2.05, 4.69) is 10.1 Å². The summed E-state index contributed by atoms with van der Waals surface area (Å²) in [6.45, 7) is 6.51. The minimum Gasteiger partial charge on any atom is -0.482 e. The van der Waals surface area contributed by atoms with Crippen LogP contribution in [0.5, 0.6) is 5.75 Å². The van der Waals surface area contributed by atoms with Gasteiger partial charge in [0.05, 0.1) is 13.2 Å². The number of piperidine rings is 1. The largest absolute Gasteiger partial charge is 0.482 e. The maximum absolute atomic E-state index is 12.3. The maximum Gasteiger partial charge on any atom is 0.410 e. The lowest BCUT2D eigenvalue weighted by Gasteiger charge is -2.38. The van der Waals surface area contributed by atoms with Crippen molar-refractivity contribution >= 4 is 35.3 Å². The molecule has 1 saturated heterocycles. The molecule has 1 unspecified atom stereocenters. The monoisotopic (exact) mass is 478 g/mol. The summed E-state index contributed by atoms with van der Waals surface area (Å²) in [6, 6.07) is 7.29. The number of esters is 1. The highest BCUT2D eigenvalue weighted by atomic mass is 32.2. The first kappa shape index (κ1) is 24.7. The average molecular weight is 479 g/mol. The van der Waals surface area contributed by atoms with Gasteiger partial charge in [0.2, 0.25) is 6.41 Å². The van der Waals surface area contributed by atoms with Gasteiger partial charge in [0.15, 0.2) is 12.1 Å². The van der Waals surface area contributed by atoms with E-state index in [0.29, 0.717) is 38.1 Å². The molecule has 180 valence electrons. The molecule has 0 saturated carbocycles. The number of likely N-dealkylation sites (tertiary alicyclic amines) is 1. The van der Waals surface area contributed by atoms with E-state index in [-0.39, 0.29) is 24.2 Å². The summed E-state index contributed by atoms with van der Waals surface area (Å²) < 4.78 is 15.4. The highest BCUT2D eigenvalue weighted by molar-refractivity contribution is 8.15. The van der Waals surface area contributed by atoms with Crippen molar-refractivity contribution in [2.75, 3.05) is 26.8 Å². The molecule has 0 spiro atoms. The lowest BCUT2D eigenvalue weighted by molar-refractivity contribution is -0.142. The van der Waals surface area contributed by atoms with Crippen LogP contribution in [0.1, 0.15) is 39.2 Å². The Bertz CT molecular complexity index is 878. The fourth-order valence-corrected chi connectivity index (χ4v) is 4.52. The minimum atomic E-state index is -0.530. The predicted molar refractivity (Wildman–Crippen MR) is 124 cm³/mol. The Morgan fingerprint density at radius 3 is 2.45 bits per heavy atom. The van der Waals surface area contributed by atoms with Crippen LogP contribution in [0.2, 0.25) is 0 Å². The van der Waals surface area contributed by atoms with Gasteiger partial charge >= 0.3 is 12.1 Å². The highest BCUT2D eigenvalue weighted by Crippen LogP contribution is 2.33. The molecule has 1 atom stereocenters. The van der Waals surface area contributed by atoms with E-state index >= 15 is 0 Å². The van der Waals surface area contributed by atoms with E-state index < -0.39 is 11.6 Å². The number of methoxy groups -OCH3 is 1. The summed E-state index contributed by atoms with van der Waals surface area (Å²) in [4.78, 5) is 36.5. The topological polar surface area (TPSA) is 110 Å². The minimum absolute atomic E-state index is 0.0776. The fraction of sp³-hybridized carbons (Fsp3) is 0.545. The smallest absolute Gasteiger partial charge is 0.410 e. The predicted octanol–water partition coefficient (Wildman–Crippen LogP) is 2.38. The Balaban J connectivity index is 1.63. The molecule has 0 aliphatic carbocycles. The van der Waals surface area contributed by atoms with Gasteiger partial charge < -0.3 is 24.4 Å². The quantitative estimate of drug-likeness (QED) is 0.470. The molecule has 1 fully saturated rings. The van der Waals surface area contributed by atoms with Gasteiger partial charge in [0.1, 0.15) is 16.4 Å². The molecule has 2 aliphatic rings. The molecule has 10 nitrogen and oxygen atoms in total. The van der Waals surface area contributed by atoms with Gasteiger partial charge in [-0.25, -0.2) is 9.59 Å². The lowest BCUT2D eigenvalue weighted by Crippen LogP contribution is -2.50. The Hall–Kier alpha value is -2.95. The summed E-state index contributed by atoms with van der Waals surface area (Å²) >= 11 is 1.45. The number of amides is 2. The van der Waals surface area contributed by atoms with Crippen LogP contribution in [0.4, 0.5) is 4.79 Å². The molecule has 0 bridgehead atoms. The number of ether oxygens (including phenoxy) is 3. The van der Waals surface area contributed by atoms with Crippen LogP contribution >= 0.6 is 11.8 Å². The zero-order chi connectivity index (χ0) is 24.0. The third-order valence-corrected chi connectivity index (χ3v) is 6.17. The Morgan fingerprint density at radius 1 is 1.21 bits per heavy atom. The summed E-state index contributed by atoms with van der Waals surface area (Å²) in [5.41, 5.74) is 0.0139. The van der Waals surface area contributed by atoms with E-state index in [1.165, 1.54) is 18.9 Å². The van der Waals surface area contributed by atoms with Crippen molar-refractivity contribution in [3.05, 3.63) is 29.8 Å². The van der Waals surface area contributed by atoms with Crippen LogP contribution in [-0.2, 0) is 19.1 Å². The van der Waals surface area contributed by atoms with Gasteiger partial charge in [-0.15, -0.1) is 0 Å². The summed E-state index contributed by atoms with van der Waals surface area (Å²) in [7, 11) is 1.31. The molecule has 2 heterocycles. The van der Waals surface area contributed by atoms with Crippen LogP contribution < -0.4 is 10.1 Å². The zero-order valence-electron chi connectivity index (χ0n) is 19.3. The molecule has 2 aliphatic heterocycles. The van der Waals surface area contributed by atoms with Crippen LogP contribution in [0.25, 0.3) is 0 Å². The molecule has 1 N–H and O–H groups in total. The summed E-state index contributed by atoms with van der Waals surface area (Å²) in [6.07, 6.45) is 1.79. The number of hydrogen-bond donors (Lipinski definition) is 1. The van der Waals surface area contributed by atoms with Crippen LogP contribution in [0.3, 0.4) is 0 Å². The van der Waals surface area contributed by atoms with Crippen molar-refractivity contribution in [1.82, 2.24) is 15.2 Å². The second-order valence-corrected chi connectivity index (χ2v) is 9.70. The molecule has 1 aromatic carbocycles. The Kier molecular flexibility index (Phi) is 8.06. The third-order valence-electron chi connectivity index (χ3n) is 5.06. The van der Waals surface area contributed by atoms with Gasteiger partial charge in [-0.2, -0.15) is 5.10 Å². The van der Waals surface area contributed by atoms with Gasteiger partial charge in [0, 0.05) is 18.7 Å². The Morgan fingerprint density at radius 2 is 1.88 bits per heavy atom. The zero-order valence-corrected chi connectivity index (χ0v) is 20.1. The number of nitrogens with zero attached hydrogens (tertiary/aromatic N) is 3. The van der Waals surface area contributed by atoms with Crippen molar-refractivity contribution in [2.45, 2.75) is 50.8 Å².